The molecule has 0 aliphatic carbocycles. The Kier molecular flexibility index (Phi) is 3.67. The SMILES string of the molecule is COc1ccc(CCON)c(F)c1O. The van der Waals surface area contributed by atoms with Crippen LogP contribution in [0.15, 0.2) is 12.1 Å². The summed E-state index contributed by atoms with van der Waals surface area (Å²) >= 11 is 0. The predicted molar refractivity (Wildman–Crippen MR) is 48.5 cm³/mol. The average Bonchev–Trinajstić information content (AvgIpc) is 2.20. The predicted octanol–water partition coefficient (Wildman–Crippen LogP) is 0.973. The largest absolute Gasteiger partial charge is 0.502 e. The summed E-state index contributed by atoms with van der Waals surface area (Å²) in [4.78, 5) is 4.32. The van der Waals surface area contributed by atoms with E-state index in [0.717, 1.165) is 0 Å². The van der Waals surface area contributed by atoms with E-state index in [1.165, 1.54) is 19.2 Å². The van der Waals surface area contributed by atoms with Crippen molar-refractivity contribution < 1.29 is 19.1 Å². The van der Waals surface area contributed by atoms with E-state index in [4.69, 9.17) is 10.6 Å². The maximum atomic E-state index is 13.3. The van der Waals surface area contributed by atoms with Gasteiger partial charge < -0.3 is 14.7 Å². The van der Waals surface area contributed by atoms with Crippen LogP contribution in [0, 0.1) is 5.82 Å². The maximum absolute atomic E-state index is 13.3. The van der Waals surface area contributed by atoms with Crippen LogP contribution >= 0.6 is 0 Å². The molecule has 78 valence electrons. The van der Waals surface area contributed by atoms with Gasteiger partial charge in [-0.15, -0.1) is 0 Å². The molecule has 0 heterocycles. The van der Waals surface area contributed by atoms with Crippen molar-refractivity contribution in [2.75, 3.05) is 13.7 Å². The van der Waals surface area contributed by atoms with Crippen molar-refractivity contribution in [1.82, 2.24) is 0 Å². The van der Waals surface area contributed by atoms with Crippen LogP contribution in [0.2, 0.25) is 0 Å². The molecule has 0 aliphatic heterocycles. The van der Waals surface area contributed by atoms with E-state index in [0.29, 0.717) is 12.0 Å². The highest BCUT2D eigenvalue weighted by Gasteiger charge is 2.12. The molecule has 14 heavy (non-hydrogen) atoms. The molecule has 1 rings (SSSR count). The summed E-state index contributed by atoms with van der Waals surface area (Å²) in [6.45, 7) is 0.197. The zero-order valence-electron chi connectivity index (χ0n) is 7.79. The molecule has 4 nitrogen and oxygen atoms in total. The number of hydrogen-bond donors (Lipinski definition) is 2. The van der Waals surface area contributed by atoms with Crippen molar-refractivity contribution in [2.45, 2.75) is 6.42 Å². The summed E-state index contributed by atoms with van der Waals surface area (Å²) in [5.74, 6) is 3.74. The highest BCUT2D eigenvalue weighted by atomic mass is 19.1. The molecule has 0 saturated heterocycles. The lowest BCUT2D eigenvalue weighted by atomic mass is 10.1. The van der Waals surface area contributed by atoms with Crippen molar-refractivity contribution in [3.05, 3.63) is 23.5 Å². The highest BCUT2D eigenvalue weighted by Crippen LogP contribution is 2.30. The topological polar surface area (TPSA) is 64.7 Å². The molecule has 0 aromatic heterocycles. The van der Waals surface area contributed by atoms with Crippen LogP contribution in [-0.4, -0.2) is 18.8 Å². The molecule has 0 radical (unpaired) electrons. The summed E-state index contributed by atoms with van der Waals surface area (Å²) in [5.41, 5.74) is 0.341. The summed E-state index contributed by atoms with van der Waals surface area (Å²) in [7, 11) is 1.36. The Bertz CT molecular complexity index is 317. The number of hydrogen-bond acceptors (Lipinski definition) is 4. The minimum atomic E-state index is -0.693. The second-order valence-electron chi connectivity index (χ2n) is 2.71. The second kappa shape index (κ2) is 4.78. The first-order valence-corrected chi connectivity index (χ1v) is 4.06. The lowest BCUT2D eigenvalue weighted by Gasteiger charge is -2.07. The molecule has 0 saturated carbocycles. The zero-order valence-corrected chi connectivity index (χ0v) is 7.79. The summed E-state index contributed by atoms with van der Waals surface area (Å²) in [6, 6.07) is 3.01. The molecule has 0 atom stereocenters. The molecule has 0 spiro atoms. The van der Waals surface area contributed by atoms with E-state index in [-0.39, 0.29) is 12.4 Å². The Morgan fingerprint density at radius 3 is 2.79 bits per heavy atom. The number of halogens is 1. The first-order chi connectivity index (χ1) is 6.70. The van der Waals surface area contributed by atoms with Gasteiger partial charge >= 0.3 is 0 Å². The number of methoxy groups -OCH3 is 1. The van der Waals surface area contributed by atoms with Crippen LogP contribution in [0.25, 0.3) is 0 Å². The fourth-order valence-electron chi connectivity index (χ4n) is 1.12. The molecule has 0 unspecified atom stereocenters. The Labute approximate surface area is 81.0 Å². The summed E-state index contributed by atoms with van der Waals surface area (Å²) in [5, 5.41) is 9.31. The van der Waals surface area contributed by atoms with Gasteiger partial charge in [0.15, 0.2) is 17.3 Å². The first-order valence-electron chi connectivity index (χ1n) is 4.06. The number of aromatic hydroxyl groups is 1. The summed E-state index contributed by atoms with van der Waals surface area (Å²) in [6.07, 6.45) is 0.305. The third kappa shape index (κ3) is 2.12. The fraction of sp³-hybridized carbons (Fsp3) is 0.333. The van der Waals surface area contributed by atoms with Gasteiger partial charge in [0.1, 0.15) is 0 Å². The van der Waals surface area contributed by atoms with Gasteiger partial charge in [-0.3, -0.25) is 0 Å². The molecule has 1 aromatic carbocycles. The van der Waals surface area contributed by atoms with Crippen LogP contribution in [0.5, 0.6) is 11.5 Å². The van der Waals surface area contributed by atoms with Crippen molar-refractivity contribution in [2.24, 2.45) is 5.90 Å². The van der Waals surface area contributed by atoms with Gasteiger partial charge in [0.05, 0.1) is 13.7 Å². The van der Waals surface area contributed by atoms with Crippen molar-refractivity contribution in [3.63, 3.8) is 0 Å². The minimum absolute atomic E-state index is 0.111. The summed E-state index contributed by atoms with van der Waals surface area (Å²) < 4.78 is 18.1. The number of benzene rings is 1. The number of rotatable bonds is 4. The molecule has 1 aromatic rings. The number of nitrogens with two attached hydrogens (primary N) is 1. The molecule has 3 N–H and O–H groups in total. The molecule has 0 bridgehead atoms. The van der Waals surface area contributed by atoms with E-state index < -0.39 is 11.6 Å². The third-order valence-corrected chi connectivity index (χ3v) is 1.87. The highest BCUT2D eigenvalue weighted by molar-refractivity contribution is 5.43. The lowest BCUT2D eigenvalue weighted by Crippen LogP contribution is -2.05. The molecule has 5 heteroatoms. The molecular weight excluding hydrogens is 189 g/mol. The van der Waals surface area contributed by atoms with E-state index in [9.17, 15) is 9.50 Å². The van der Waals surface area contributed by atoms with Crippen LogP contribution in [0.1, 0.15) is 5.56 Å². The van der Waals surface area contributed by atoms with E-state index in [1.807, 2.05) is 0 Å². The van der Waals surface area contributed by atoms with E-state index >= 15 is 0 Å². The smallest absolute Gasteiger partial charge is 0.194 e. The van der Waals surface area contributed by atoms with Crippen LogP contribution in [0.4, 0.5) is 4.39 Å². The lowest BCUT2D eigenvalue weighted by molar-refractivity contribution is 0.140. The Morgan fingerprint density at radius 2 is 2.21 bits per heavy atom. The average molecular weight is 201 g/mol. The standard InChI is InChI=1S/C9H12FNO3/c1-13-7-3-2-6(4-5-14-11)8(10)9(7)12/h2-3,12H,4-5,11H2,1H3. The Hall–Kier alpha value is -1.33. The second-order valence-corrected chi connectivity index (χ2v) is 2.71. The van der Waals surface area contributed by atoms with Gasteiger partial charge in [0, 0.05) is 6.42 Å². The minimum Gasteiger partial charge on any atom is -0.502 e. The van der Waals surface area contributed by atoms with E-state index in [1.54, 1.807) is 0 Å². The molecular formula is C9H12FNO3. The maximum Gasteiger partial charge on any atom is 0.194 e. The van der Waals surface area contributed by atoms with Gasteiger partial charge in [0.25, 0.3) is 0 Å². The van der Waals surface area contributed by atoms with Crippen molar-refractivity contribution in [1.29, 1.82) is 0 Å². The van der Waals surface area contributed by atoms with E-state index in [2.05, 4.69) is 4.84 Å². The van der Waals surface area contributed by atoms with Crippen molar-refractivity contribution >= 4 is 0 Å². The first kappa shape index (κ1) is 10.7. The van der Waals surface area contributed by atoms with Gasteiger partial charge in [-0.2, -0.15) is 0 Å². The number of ether oxygens (including phenoxy) is 1. The molecule has 0 amide bonds. The van der Waals surface area contributed by atoms with Crippen LogP contribution < -0.4 is 10.6 Å². The zero-order chi connectivity index (χ0) is 10.6. The Morgan fingerprint density at radius 1 is 1.50 bits per heavy atom. The van der Waals surface area contributed by atoms with Crippen LogP contribution in [-0.2, 0) is 11.3 Å². The van der Waals surface area contributed by atoms with Gasteiger partial charge in [0.2, 0.25) is 0 Å². The molecule has 0 fully saturated rings. The van der Waals surface area contributed by atoms with Gasteiger partial charge in [-0.05, 0) is 11.6 Å². The van der Waals surface area contributed by atoms with Gasteiger partial charge in [-0.1, -0.05) is 6.07 Å². The number of phenolic OH excluding ortho intramolecular Hbond substituents is 1. The monoisotopic (exact) mass is 201 g/mol. The number of phenols is 1. The molecule has 0 aliphatic rings. The van der Waals surface area contributed by atoms with Gasteiger partial charge in [-0.25, -0.2) is 10.3 Å². The fourth-order valence-corrected chi connectivity index (χ4v) is 1.12. The third-order valence-electron chi connectivity index (χ3n) is 1.87. The van der Waals surface area contributed by atoms with Crippen molar-refractivity contribution in [3.8, 4) is 11.5 Å². The normalized spacial score (nSPS) is 10.2. The van der Waals surface area contributed by atoms with Crippen LogP contribution in [0.3, 0.4) is 0 Å². The Balaban J connectivity index is 2.92. The quantitative estimate of drug-likeness (QED) is 0.712.